The number of nitrogens with zero attached hydrogens (tertiary/aromatic N) is 2. The number of sulfonamides is 1. The second-order valence-corrected chi connectivity index (χ2v) is 6.47. The lowest BCUT2D eigenvalue weighted by Crippen LogP contribution is -2.11. The lowest BCUT2D eigenvalue weighted by molar-refractivity contribution is 0.601. The molecule has 1 fully saturated rings. The molecule has 2 aromatic heterocycles. The van der Waals surface area contributed by atoms with E-state index < -0.39 is 10.0 Å². The number of hydrogen-bond acceptors (Lipinski definition) is 4. The maximum absolute atomic E-state index is 11.9. The molecule has 0 bridgehead atoms. The average Bonchev–Trinajstić information content (AvgIpc) is 2.81. The molecule has 3 rings (SSSR count). The summed E-state index contributed by atoms with van der Waals surface area (Å²) >= 11 is 1.36. The van der Waals surface area contributed by atoms with E-state index in [1.807, 2.05) is 4.68 Å². The zero-order chi connectivity index (χ0) is 11.9. The third-order valence-corrected chi connectivity index (χ3v) is 4.79. The van der Waals surface area contributed by atoms with E-state index in [0.717, 1.165) is 12.8 Å². The Balaban J connectivity index is 1.81. The van der Waals surface area contributed by atoms with Crippen LogP contribution in [0.25, 0.3) is 0 Å². The van der Waals surface area contributed by atoms with E-state index in [-0.39, 0.29) is 0 Å². The fourth-order valence-corrected chi connectivity index (χ4v) is 3.61. The van der Waals surface area contributed by atoms with Crippen LogP contribution in [0.2, 0.25) is 0 Å². The molecule has 1 aliphatic carbocycles. The molecule has 0 saturated heterocycles. The molecule has 1 saturated carbocycles. The van der Waals surface area contributed by atoms with E-state index in [9.17, 15) is 8.42 Å². The van der Waals surface area contributed by atoms with Crippen molar-refractivity contribution in [2.75, 3.05) is 4.72 Å². The number of hydrogen-bond donors (Lipinski definition) is 1. The highest BCUT2D eigenvalue weighted by Gasteiger charge is 2.25. The van der Waals surface area contributed by atoms with Crippen molar-refractivity contribution in [3.8, 4) is 0 Å². The van der Waals surface area contributed by atoms with Crippen LogP contribution in [0.1, 0.15) is 18.9 Å². The van der Waals surface area contributed by atoms with Crippen LogP contribution in [0.4, 0.5) is 5.69 Å². The quantitative estimate of drug-likeness (QED) is 0.924. The van der Waals surface area contributed by atoms with Crippen molar-refractivity contribution >= 4 is 27.0 Å². The lowest BCUT2D eigenvalue weighted by atomic mass is 10.6. The average molecular weight is 269 g/mol. The van der Waals surface area contributed by atoms with Gasteiger partial charge in [0.05, 0.1) is 22.8 Å². The Labute approximate surface area is 103 Å². The number of anilines is 1. The molecule has 1 aliphatic rings. The molecule has 0 unspecified atom stereocenters. The molecule has 0 atom stereocenters. The van der Waals surface area contributed by atoms with Gasteiger partial charge in [-0.25, -0.2) is 8.42 Å². The van der Waals surface area contributed by atoms with Gasteiger partial charge >= 0.3 is 0 Å². The topological polar surface area (TPSA) is 64.0 Å². The predicted octanol–water partition coefficient (Wildman–Crippen LogP) is 2.08. The molecule has 0 aliphatic heterocycles. The summed E-state index contributed by atoms with van der Waals surface area (Å²) in [5, 5.41) is 7.48. The van der Waals surface area contributed by atoms with Gasteiger partial charge < -0.3 is 0 Å². The first-order valence-corrected chi connectivity index (χ1v) is 7.67. The second-order valence-electron chi connectivity index (χ2n) is 4.00. The summed E-state index contributed by atoms with van der Waals surface area (Å²) in [5.74, 6) is 0. The van der Waals surface area contributed by atoms with Crippen LogP contribution in [-0.2, 0) is 10.0 Å². The van der Waals surface area contributed by atoms with E-state index in [1.165, 1.54) is 11.3 Å². The van der Waals surface area contributed by atoms with Crippen LogP contribution in [0.5, 0.6) is 0 Å². The van der Waals surface area contributed by atoms with Crippen molar-refractivity contribution in [1.29, 1.82) is 0 Å². The first kappa shape index (κ1) is 10.8. The minimum absolute atomic E-state index is 0.293. The Morgan fingerprint density at radius 3 is 2.94 bits per heavy atom. The summed E-state index contributed by atoms with van der Waals surface area (Å²) in [5.41, 5.74) is 0.517. The van der Waals surface area contributed by atoms with Crippen molar-refractivity contribution in [1.82, 2.24) is 9.78 Å². The Bertz CT molecular complexity index is 612. The molecule has 0 aromatic carbocycles. The number of thiophene rings is 1. The summed E-state index contributed by atoms with van der Waals surface area (Å²) < 4.78 is 28.2. The van der Waals surface area contributed by atoms with Gasteiger partial charge in [0.15, 0.2) is 0 Å². The van der Waals surface area contributed by atoms with E-state index >= 15 is 0 Å². The van der Waals surface area contributed by atoms with Gasteiger partial charge in [0, 0.05) is 11.6 Å². The van der Waals surface area contributed by atoms with Crippen molar-refractivity contribution < 1.29 is 8.42 Å². The smallest absolute Gasteiger partial charge is 0.262 e. The molecule has 1 N–H and O–H groups in total. The summed E-state index contributed by atoms with van der Waals surface area (Å²) in [6.45, 7) is 0. The van der Waals surface area contributed by atoms with Crippen molar-refractivity contribution in [3.05, 3.63) is 29.2 Å². The SMILES string of the molecule is O=S(=O)(Nc1cnn(C2CC2)c1)c1ccsc1. The highest BCUT2D eigenvalue weighted by molar-refractivity contribution is 7.92. The summed E-state index contributed by atoms with van der Waals surface area (Å²) in [4.78, 5) is 0.293. The summed E-state index contributed by atoms with van der Waals surface area (Å²) in [6.07, 6.45) is 5.53. The van der Waals surface area contributed by atoms with Gasteiger partial charge in [-0.2, -0.15) is 16.4 Å². The minimum atomic E-state index is -3.45. The molecule has 0 amide bonds. The Morgan fingerprint density at radius 1 is 1.47 bits per heavy atom. The van der Waals surface area contributed by atoms with Crippen LogP contribution in [-0.4, -0.2) is 18.2 Å². The standard InChI is InChI=1S/C10H11N3O2S2/c14-17(15,10-3-4-16-7-10)12-8-5-11-13(6-8)9-1-2-9/h3-7,9,12H,1-2H2. The molecular weight excluding hydrogens is 258 g/mol. The minimum Gasteiger partial charge on any atom is -0.276 e. The molecule has 5 nitrogen and oxygen atoms in total. The maximum Gasteiger partial charge on any atom is 0.262 e. The first-order chi connectivity index (χ1) is 8.15. The van der Waals surface area contributed by atoms with E-state index in [2.05, 4.69) is 9.82 Å². The summed E-state index contributed by atoms with van der Waals surface area (Å²) in [7, 11) is -3.45. The fourth-order valence-electron chi connectivity index (χ4n) is 1.55. The van der Waals surface area contributed by atoms with Gasteiger partial charge in [0.25, 0.3) is 10.0 Å². The van der Waals surface area contributed by atoms with Gasteiger partial charge in [-0.05, 0) is 24.3 Å². The predicted molar refractivity (Wildman–Crippen MR) is 65.6 cm³/mol. The largest absolute Gasteiger partial charge is 0.276 e. The van der Waals surface area contributed by atoms with Gasteiger partial charge in [0.2, 0.25) is 0 Å². The second kappa shape index (κ2) is 3.85. The zero-order valence-corrected chi connectivity index (χ0v) is 10.5. The molecular formula is C10H11N3O2S2. The van der Waals surface area contributed by atoms with Gasteiger partial charge in [-0.3, -0.25) is 9.40 Å². The number of nitrogens with one attached hydrogen (secondary N) is 1. The Hall–Kier alpha value is -1.34. The third kappa shape index (κ3) is 2.20. The number of aromatic nitrogens is 2. The van der Waals surface area contributed by atoms with Crippen molar-refractivity contribution in [3.63, 3.8) is 0 Å². The van der Waals surface area contributed by atoms with Gasteiger partial charge in [-0.1, -0.05) is 0 Å². The van der Waals surface area contributed by atoms with Crippen LogP contribution < -0.4 is 4.72 Å². The maximum atomic E-state index is 11.9. The van der Waals surface area contributed by atoms with Crippen molar-refractivity contribution in [2.24, 2.45) is 0 Å². The molecule has 0 radical (unpaired) electrons. The fraction of sp³-hybridized carbons (Fsp3) is 0.300. The van der Waals surface area contributed by atoms with E-state index in [4.69, 9.17) is 0 Å². The first-order valence-electron chi connectivity index (χ1n) is 5.24. The van der Waals surface area contributed by atoms with Gasteiger partial charge in [0.1, 0.15) is 0 Å². The Kier molecular flexibility index (Phi) is 2.44. The normalized spacial score (nSPS) is 16.0. The highest BCUT2D eigenvalue weighted by atomic mass is 32.2. The van der Waals surface area contributed by atoms with E-state index in [0.29, 0.717) is 16.6 Å². The molecule has 17 heavy (non-hydrogen) atoms. The molecule has 2 heterocycles. The zero-order valence-electron chi connectivity index (χ0n) is 8.91. The lowest BCUT2D eigenvalue weighted by Gasteiger charge is -2.02. The molecule has 0 spiro atoms. The molecule has 90 valence electrons. The Morgan fingerprint density at radius 2 is 2.29 bits per heavy atom. The van der Waals surface area contributed by atoms with Crippen LogP contribution >= 0.6 is 11.3 Å². The van der Waals surface area contributed by atoms with Gasteiger partial charge in [-0.15, -0.1) is 0 Å². The number of rotatable bonds is 4. The van der Waals surface area contributed by atoms with Crippen molar-refractivity contribution in [2.45, 2.75) is 23.8 Å². The van der Waals surface area contributed by atoms with E-state index in [1.54, 1.807) is 29.2 Å². The summed E-state index contributed by atoms with van der Waals surface area (Å²) in [6, 6.07) is 2.03. The van der Waals surface area contributed by atoms with Crippen LogP contribution in [0.15, 0.2) is 34.1 Å². The third-order valence-electron chi connectivity index (χ3n) is 2.58. The van der Waals surface area contributed by atoms with Crippen LogP contribution in [0, 0.1) is 0 Å². The highest BCUT2D eigenvalue weighted by Crippen LogP contribution is 2.34. The molecule has 7 heteroatoms. The van der Waals surface area contributed by atoms with Crippen LogP contribution in [0.3, 0.4) is 0 Å². The monoisotopic (exact) mass is 269 g/mol. The molecule has 2 aromatic rings.